The van der Waals surface area contributed by atoms with Gasteiger partial charge in [-0.1, -0.05) is 58.1 Å². The molecule has 0 amide bonds. The molecule has 21 heavy (non-hydrogen) atoms. The lowest BCUT2D eigenvalue weighted by Gasteiger charge is -2.12. The van der Waals surface area contributed by atoms with Crippen LogP contribution in [0.5, 0.6) is 0 Å². The molecule has 0 unspecified atom stereocenters. The van der Waals surface area contributed by atoms with E-state index in [-0.39, 0.29) is 11.2 Å². The highest BCUT2D eigenvalue weighted by molar-refractivity contribution is 5.97. The molecule has 2 rings (SSSR count). The van der Waals surface area contributed by atoms with Crippen molar-refractivity contribution in [2.45, 2.75) is 41.0 Å². The van der Waals surface area contributed by atoms with Crippen molar-refractivity contribution in [2.75, 3.05) is 0 Å². The van der Waals surface area contributed by atoms with Crippen molar-refractivity contribution in [3.8, 4) is 0 Å². The zero-order chi connectivity index (χ0) is 15.9. The highest BCUT2D eigenvalue weighted by Gasteiger charge is 2.13. The summed E-state index contributed by atoms with van der Waals surface area (Å²) >= 11 is 0. The number of nitrogens with zero attached hydrogens (tertiary/aromatic N) is 1. The van der Waals surface area contributed by atoms with E-state index in [1.165, 1.54) is 0 Å². The maximum absolute atomic E-state index is 12.2. The van der Waals surface area contributed by atoms with E-state index < -0.39 is 0 Å². The quantitative estimate of drug-likeness (QED) is 0.725. The van der Waals surface area contributed by atoms with Gasteiger partial charge in [-0.05, 0) is 24.6 Å². The average molecular weight is 283 g/mol. The van der Waals surface area contributed by atoms with Crippen molar-refractivity contribution in [3.63, 3.8) is 0 Å². The SMILES string of the molecule is CC.Cc1ccc(C(=O)CC2=CC=CC(C)(C)C=C2)cn1. The highest BCUT2D eigenvalue weighted by Crippen LogP contribution is 2.24. The number of pyridine rings is 1. The molecule has 2 nitrogen and oxygen atoms in total. The minimum absolute atomic E-state index is 0.0483. The molecule has 0 radical (unpaired) electrons. The number of Topliss-reactive ketones (excluding diaryl/α,β-unsaturated/α-hetero) is 1. The largest absolute Gasteiger partial charge is 0.294 e. The van der Waals surface area contributed by atoms with Gasteiger partial charge < -0.3 is 0 Å². The zero-order valence-corrected chi connectivity index (χ0v) is 13.7. The van der Waals surface area contributed by atoms with E-state index in [1.807, 2.05) is 51.1 Å². The fraction of sp³-hybridized carbons (Fsp3) is 0.368. The molecular formula is C19H25NO. The van der Waals surface area contributed by atoms with E-state index in [1.54, 1.807) is 6.20 Å². The van der Waals surface area contributed by atoms with Crippen molar-refractivity contribution < 1.29 is 4.79 Å². The van der Waals surface area contributed by atoms with Gasteiger partial charge in [-0.2, -0.15) is 0 Å². The Morgan fingerprint density at radius 3 is 2.52 bits per heavy atom. The number of hydrogen-bond donors (Lipinski definition) is 0. The molecule has 0 spiro atoms. The second-order valence-electron chi connectivity index (χ2n) is 5.54. The van der Waals surface area contributed by atoms with Gasteiger partial charge in [0.25, 0.3) is 0 Å². The molecular weight excluding hydrogens is 258 g/mol. The summed E-state index contributed by atoms with van der Waals surface area (Å²) in [6, 6.07) is 3.71. The standard InChI is InChI=1S/C17H19NO.C2H6/c1-13-6-7-15(12-18-13)16(19)11-14-5-4-9-17(2,3)10-8-14;1-2/h4-10,12H,11H2,1-3H3;1-2H3. The van der Waals surface area contributed by atoms with Crippen LogP contribution < -0.4 is 0 Å². The molecule has 0 N–H and O–H groups in total. The number of aromatic nitrogens is 1. The first-order valence-corrected chi connectivity index (χ1v) is 7.50. The summed E-state index contributed by atoms with van der Waals surface area (Å²) in [7, 11) is 0. The molecule has 0 aromatic carbocycles. The Morgan fingerprint density at radius 1 is 1.19 bits per heavy atom. The van der Waals surface area contributed by atoms with Crippen LogP contribution in [-0.2, 0) is 0 Å². The molecule has 1 heterocycles. The van der Waals surface area contributed by atoms with Crippen LogP contribution in [0, 0.1) is 12.3 Å². The van der Waals surface area contributed by atoms with E-state index in [2.05, 4.69) is 31.0 Å². The molecule has 0 atom stereocenters. The maximum atomic E-state index is 12.2. The van der Waals surface area contributed by atoms with E-state index in [4.69, 9.17) is 0 Å². The Balaban J connectivity index is 0.00000106. The fourth-order valence-corrected chi connectivity index (χ4v) is 1.89. The molecule has 0 saturated carbocycles. The average Bonchev–Trinajstić information content (AvgIpc) is 2.63. The first-order valence-electron chi connectivity index (χ1n) is 7.50. The van der Waals surface area contributed by atoms with Gasteiger partial charge >= 0.3 is 0 Å². The third-order valence-corrected chi connectivity index (χ3v) is 3.16. The number of hydrogen-bond acceptors (Lipinski definition) is 2. The number of allylic oxidation sites excluding steroid dienone is 6. The minimum atomic E-state index is 0.0483. The van der Waals surface area contributed by atoms with Gasteiger partial charge in [-0.3, -0.25) is 9.78 Å². The van der Waals surface area contributed by atoms with Crippen LogP contribution >= 0.6 is 0 Å². The van der Waals surface area contributed by atoms with E-state index in [9.17, 15) is 4.79 Å². The fourth-order valence-electron chi connectivity index (χ4n) is 1.89. The number of carbonyl (C=O) groups is 1. The summed E-state index contributed by atoms with van der Waals surface area (Å²) < 4.78 is 0. The molecule has 0 bridgehead atoms. The maximum Gasteiger partial charge on any atom is 0.168 e. The monoisotopic (exact) mass is 283 g/mol. The van der Waals surface area contributed by atoms with Gasteiger partial charge in [0, 0.05) is 29.3 Å². The van der Waals surface area contributed by atoms with Gasteiger partial charge in [-0.25, -0.2) is 0 Å². The van der Waals surface area contributed by atoms with Crippen molar-refractivity contribution in [3.05, 3.63) is 65.5 Å². The molecule has 1 aromatic rings. The molecule has 1 aliphatic carbocycles. The van der Waals surface area contributed by atoms with Crippen LogP contribution in [0.3, 0.4) is 0 Å². The zero-order valence-electron chi connectivity index (χ0n) is 13.7. The van der Waals surface area contributed by atoms with Gasteiger partial charge in [0.2, 0.25) is 0 Å². The molecule has 0 aliphatic heterocycles. The Hall–Kier alpha value is -1.96. The summed E-state index contributed by atoms with van der Waals surface area (Å²) in [5, 5.41) is 0. The Morgan fingerprint density at radius 2 is 1.90 bits per heavy atom. The number of carbonyl (C=O) groups excluding carboxylic acids is 1. The minimum Gasteiger partial charge on any atom is -0.294 e. The van der Waals surface area contributed by atoms with Crippen LogP contribution in [-0.4, -0.2) is 10.8 Å². The number of ketones is 1. The second kappa shape index (κ2) is 7.72. The molecule has 1 aliphatic rings. The van der Waals surface area contributed by atoms with Crippen LogP contribution in [0.1, 0.15) is 50.2 Å². The van der Waals surface area contributed by atoms with Crippen LogP contribution in [0.25, 0.3) is 0 Å². The van der Waals surface area contributed by atoms with Gasteiger partial charge in [0.1, 0.15) is 0 Å². The third-order valence-electron chi connectivity index (χ3n) is 3.16. The normalized spacial score (nSPS) is 15.6. The predicted molar refractivity (Wildman–Crippen MR) is 89.4 cm³/mol. The van der Waals surface area contributed by atoms with Crippen LogP contribution in [0.15, 0.2) is 54.3 Å². The Bertz CT molecular complexity index is 560. The predicted octanol–water partition coefficient (Wildman–Crippen LogP) is 5.07. The molecule has 0 fully saturated rings. The van der Waals surface area contributed by atoms with Crippen LogP contribution in [0.2, 0.25) is 0 Å². The lowest BCUT2D eigenvalue weighted by atomic mass is 9.93. The summed E-state index contributed by atoms with van der Waals surface area (Å²) in [4.78, 5) is 16.3. The number of aryl methyl sites for hydroxylation is 1. The summed E-state index contributed by atoms with van der Waals surface area (Å²) in [6.45, 7) is 10.2. The third kappa shape index (κ3) is 5.50. The van der Waals surface area contributed by atoms with Crippen molar-refractivity contribution in [1.29, 1.82) is 0 Å². The van der Waals surface area contributed by atoms with Crippen molar-refractivity contribution in [2.24, 2.45) is 5.41 Å². The summed E-state index contributed by atoms with van der Waals surface area (Å²) in [5.41, 5.74) is 2.68. The molecule has 2 heteroatoms. The smallest absolute Gasteiger partial charge is 0.168 e. The van der Waals surface area contributed by atoms with Crippen molar-refractivity contribution >= 4 is 5.78 Å². The molecule has 112 valence electrons. The van der Waals surface area contributed by atoms with E-state index in [0.717, 1.165) is 11.3 Å². The molecule has 0 saturated heterocycles. The summed E-state index contributed by atoms with van der Waals surface area (Å²) in [6.07, 6.45) is 12.4. The van der Waals surface area contributed by atoms with Gasteiger partial charge in [0.05, 0.1) is 0 Å². The Labute approximate surface area is 128 Å². The summed E-state index contributed by atoms with van der Waals surface area (Å²) in [5.74, 6) is 0.108. The lowest BCUT2D eigenvalue weighted by molar-refractivity contribution is 0.0993. The topological polar surface area (TPSA) is 30.0 Å². The highest BCUT2D eigenvalue weighted by atomic mass is 16.1. The van der Waals surface area contributed by atoms with E-state index in [0.29, 0.717) is 12.0 Å². The van der Waals surface area contributed by atoms with Gasteiger partial charge in [-0.15, -0.1) is 0 Å². The van der Waals surface area contributed by atoms with Gasteiger partial charge in [0.15, 0.2) is 5.78 Å². The van der Waals surface area contributed by atoms with Crippen molar-refractivity contribution in [1.82, 2.24) is 4.98 Å². The Kier molecular flexibility index (Phi) is 6.29. The van der Waals surface area contributed by atoms with Crippen LogP contribution in [0.4, 0.5) is 0 Å². The lowest BCUT2D eigenvalue weighted by Crippen LogP contribution is -2.02. The first kappa shape index (κ1) is 17.1. The second-order valence-corrected chi connectivity index (χ2v) is 5.54. The van der Waals surface area contributed by atoms with E-state index >= 15 is 0 Å². The molecule has 1 aromatic heterocycles. The number of rotatable bonds is 3. The first-order chi connectivity index (χ1) is 9.96.